The number of carbonyl (C=O) groups is 1. The van der Waals surface area contributed by atoms with Gasteiger partial charge >= 0.3 is 5.97 Å². The van der Waals surface area contributed by atoms with Gasteiger partial charge in [-0.2, -0.15) is 0 Å². The number of aliphatic hydroxyl groups is 1. The zero-order valence-electron chi connectivity index (χ0n) is 9.62. The molecule has 2 rings (SSSR count). The molecular weight excluding hydrogens is 218 g/mol. The molecule has 4 nitrogen and oxygen atoms in total. The fourth-order valence-electron chi connectivity index (χ4n) is 2.27. The fraction of sp³-hybridized carbons (Fsp3) is 0.462. The van der Waals surface area contributed by atoms with Gasteiger partial charge in [-0.25, -0.2) is 0 Å². The lowest BCUT2D eigenvalue weighted by Crippen LogP contribution is -2.46. The van der Waals surface area contributed by atoms with Gasteiger partial charge in [0.05, 0.1) is 12.0 Å². The number of carboxylic acid groups (broad SMARTS) is 1. The molecule has 1 aromatic rings. The van der Waals surface area contributed by atoms with Crippen LogP contribution >= 0.6 is 0 Å². The van der Waals surface area contributed by atoms with Crippen LogP contribution in [0.1, 0.15) is 12.0 Å². The number of piperidine rings is 1. The summed E-state index contributed by atoms with van der Waals surface area (Å²) in [5.41, 5.74) is 1.19. The topological polar surface area (TPSA) is 60.8 Å². The van der Waals surface area contributed by atoms with Crippen LogP contribution in [0.15, 0.2) is 30.3 Å². The van der Waals surface area contributed by atoms with Crippen molar-refractivity contribution in [2.24, 2.45) is 5.92 Å². The van der Waals surface area contributed by atoms with Crippen LogP contribution in [0.25, 0.3) is 0 Å². The van der Waals surface area contributed by atoms with Crippen LogP contribution in [0.5, 0.6) is 0 Å². The first-order chi connectivity index (χ1) is 8.16. The van der Waals surface area contributed by atoms with Crippen LogP contribution in [-0.4, -0.2) is 40.3 Å². The van der Waals surface area contributed by atoms with Gasteiger partial charge in [-0.1, -0.05) is 30.3 Å². The highest BCUT2D eigenvalue weighted by Gasteiger charge is 2.32. The van der Waals surface area contributed by atoms with Gasteiger partial charge in [0.2, 0.25) is 0 Å². The fourth-order valence-corrected chi connectivity index (χ4v) is 2.27. The van der Waals surface area contributed by atoms with E-state index in [4.69, 9.17) is 5.11 Å². The average molecular weight is 235 g/mol. The van der Waals surface area contributed by atoms with E-state index in [2.05, 4.69) is 4.90 Å². The Labute approximate surface area is 100 Å². The minimum atomic E-state index is -0.892. The highest BCUT2D eigenvalue weighted by Crippen LogP contribution is 2.19. The van der Waals surface area contributed by atoms with Crippen LogP contribution in [0.2, 0.25) is 0 Å². The molecule has 0 spiro atoms. The molecule has 0 aromatic heterocycles. The summed E-state index contributed by atoms with van der Waals surface area (Å²) in [5.74, 6) is -1.50. The molecule has 0 aliphatic carbocycles. The molecule has 0 radical (unpaired) electrons. The maximum atomic E-state index is 10.9. The van der Waals surface area contributed by atoms with E-state index in [0.717, 1.165) is 13.1 Å². The maximum absolute atomic E-state index is 10.9. The summed E-state index contributed by atoms with van der Waals surface area (Å²) in [7, 11) is 0. The summed E-state index contributed by atoms with van der Waals surface area (Å²) in [6.45, 7) is 1.93. The lowest BCUT2D eigenvalue weighted by atomic mass is 9.94. The zero-order valence-corrected chi connectivity index (χ0v) is 9.62. The van der Waals surface area contributed by atoms with Crippen LogP contribution < -0.4 is 0 Å². The molecule has 1 saturated heterocycles. The van der Waals surface area contributed by atoms with Gasteiger partial charge in [0, 0.05) is 13.1 Å². The Balaban J connectivity index is 1.92. The molecule has 2 N–H and O–H groups in total. The quantitative estimate of drug-likeness (QED) is 0.819. The van der Waals surface area contributed by atoms with E-state index in [-0.39, 0.29) is 0 Å². The van der Waals surface area contributed by atoms with E-state index < -0.39 is 18.0 Å². The highest BCUT2D eigenvalue weighted by molar-refractivity contribution is 5.70. The Morgan fingerprint density at radius 3 is 2.65 bits per heavy atom. The molecular formula is C13H17NO3. The molecule has 1 aliphatic heterocycles. The Bertz CT molecular complexity index is 380. The number of rotatable bonds is 3. The van der Waals surface area contributed by atoms with Crippen LogP contribution in [0.4, 0.5) is 0 Å². The number of hydrogen-bond acceptors (Lipinski definition) is 3. The number of likely N-dealkylation sites (tertiary alicyclic amines) is 1. The third kappa shape index (κ3) is 3.05. The molecule has 1 aromatic carbocycles. The predicted molar refractivity (Wildman–Crippen MR) is 63.5 cm³/mol. The molecule has 17 heavy (non-hydrogen) atoms. The standard InChI is InChI=1S/C13H17NO3/c15-12-9-14(7-6-11(12)13(16)17)8-10-4-2-1-3-5-10/h1-5,11-12,15H,6-9H2,(H,16,17)/t11-,12+/m1/s1. The van der Waals surface area contributed by atoms with Gasteiger partial charge in [-0.3, -0.25) is 9.69 Å². The van der Waals surface area contributed by atoms with Crippen molar-refractivity contribution in [3.63, 3.8) is 0 Å². The second-order valence-electron chi connectivity index (χ2n) is 4.52. The minimum absolute atomic E-state index is 0.436. The molecule has 1 heterocycles. The molecule has 0 bridgehead atoms. The minimum Gasteiger partial charge on any atom is -0.481 e. The lowest BCUT2D eigenvalue weighted by Gasteiger charge is -2.33. The molecule has 1 fully saturated rings. The van der Waals surface area contributed by atoms with Crippen molar-refractivity contribution in [1.29, 1.82) is 0 Å². The van der Waals surface area contributed by atoms with Crippen molar-refractivity contribution in [2.75, 3.05) is 13.1 Å². The molecule has 4 heteroatoms. The van der Waals surface area contributed by atoms with E-state index in [1.54, 1.807) is 0 Å². The SMILES string of the molecule is O=C(O)[C@@H]1CCN(Cc2ccccc2)C[C@@H]1O. The first-order valence-corrected chi connectivity index (χ1v) is 5.84. The second-order valence-corrected chi connectivity index (χ2v) is 4.52. The summed E-state index contributed by atoms with van der Waals surface area (Å²) in [6.07, 6.45) is -0.242. The van der Waals surface area contributed by atoms with Crippen molar-refractivity contribution in [1.82, 2.24) is 4.90 Å². The smallest absolute Gasteiger partial charge is 0.309 e. The number of β-amino-alcohol motifs (C(OH)–C–C–N with tert-alkyl or cyclic N) is 1. The molecule has 1 aliphatic rings. The number of carboxylic acids is 1. The molecule has 0 saturated carbocycles. The van der Waals surface area contributed by atoms with Crippen molar-refractivity contribution < 1.29 is 15.0 Å². The largest absolute Gasteiger partial charge is 0.481 e. The average Bonchev–Trinajstić information content (AvgIpc) is 2.30. The van der Waals surface area contributed by atoms with E-state index >= 15 is 0 Å². The number of nitrogens with zero attached hydrogens (tertiary/aromatic N) is 1. The van der Waals surface area contributed by atoms with E-state index in [1.165, 1.54) is 5.56 Å². The normalized spacial score (nSPS) is 25.7. The molecule has 92 valence electrons. The number of aliphatic hydroxyl groups excluding tert-OH is 1. The molecule has 0 unspecified atom stereocenters. The van der Waals surface area contributed by atoms with E-state index in [1.807, 2.05) is 30.3 Å². The first kappa shape index (κ1) is 12.1. The van der Waals surface area contributed by atoms with E-state index in [0.29, 0.717) is 13.0 Å². The summed E-state index contributed by atoms with van der Waals surface area (Å²) < 4.78 is 0. The zero-order chi connectivity index (χ0) is 12.3. The Morgan fingerprint density at radius 1 is 1.35 bits per heavy atom. The third-order valence-electron chi connectivity index (χ3n) is 3.23. The van der Waals surface area contributed by atoms with Gasteiger partial charge < -0.3 is 10.2 Å². The van der Waals surface area contributed by atoms with Crippen molar-refractivity contribution >= 4 is 5.97 Å². The lowest BCUT2D eigenvalue weighted by molar-refractivity contribution is -0.148. The Kier molecular flexibility index (Phi) is 3.76. The summed E-state index contributed by atoms with van der Waals surface area (Å²) in [6, 6.07) is 10.0. The maximum Gasteiger partial charge on any atom is 0.309 e. The molecule has 2 atom stereocenters. The summed E-state index contributed by atoms with van der Waals surface area (Å²) in [4.78, 5) is 12.9. The Morgan fingerprint density at radius 2 is 2.06 bits per heavy atom. The Hall–Kier alpha value is -1.39. The first-order valence-electron chi connectivity index (χ1n) is 5.84. The summed E-state index contributed by atoms with van der Waals surface area (Å²) in [5, 5.41) is 18.7. The van der Waals surface area contributed by atoms with Crippen molar-refractivity contribution in [3.05, 3.63) is 35.9 Å². The van der Waals surface area contributed by atoms with Crippen molar-refractivity contribution in [2.45, 2.75) is 19.1 Å². The monoisotopic (exact) mass is 235 g/mol. The van der Waals surface area contributed by atoms with Crippen LogP contribution in [0.3, 0.4) is 0 Å². The molecule has 0 amide bonds. The number of aliphatic carboxylic acids is 1. The van der Waals surface area contributed by atoms with Gasteiger partial charge in [0.15, 0.2) is 0 Å². The number of hydrogen-bond donors (Lipinski definition) is 2. The van der Waals surface area contributed by atoms with Gasteiger partial charge in [-0.15, -0.1) is 0 Å². The van der Waals surface area contributed by atoms with E-state index in [9.17, 15) is 9.90 Å². The van der Waals surface area contributed by atoms with Gasteiger partial charge in [0.1, 0.15) is 0 Å². The highest BCUT2D eigenvalue weighted by atomic mass is 16.4. The third-order valence-corrected chi connectivity index (χ3v) is 3.23. The van der Waals surface area contributed by atoms with Crippen LogP contribution in [-0.2, 0) is 11.3 Å². The predicted octanol–water partition coefficient (Wildman–Crippen LogP) is 0.954. The van der Waals surface area contributed by atoms with Crippen molar-refractivity contribution in [3.8, 4) is 0 Å². The van der Waals surface area contributed by atoms with Gasteiger partial charge in [-0.05, 0) is 18.5 Å². The van der Waals surface area contributed by atoms with Crippen LogP contribution in [0, 0.1) is 5.92 Å². The second kappa shape index (κ2) is 5.29. The van der Waals surface area contributed by atoms with Gasteiger partial charge in [0.25, 0.3) is 0 Å². The summed E-state index contributed by atoms with van der Waals surface area (Å²) >= 11 is 0. The number of benzene rings is 1.